The summed E-state index contributed by atoms with van der Waals surface area (Å²) in [5.41, 5.74) is -0.334. The van der Waals surface area contributed by atoms with Crippen molar-refractivity contribution in [3.63, 3.8) is 0 Å². The van der Waals surface area contributed by atoms with Gasteiger partial charge in [0.15, 0.2) is 5.67 Å². The lowest BCUT2D eigenvalue weighted by Crippen LogP contribution is -2.60. The highest BCUT2D eigenvalue weighted by Crippen LogP contribution is 2.40. The van der Waals surface area contributed by atoms with Crippen molar-refractivity contribution in [2.45, 2.75) is 43.8 Å². The molecule has 0 amide bonds. The van der Waals surface area contributed by atoms with E-state index in [9.17, 15) is 4.39 Å². The summed E-state index contributed by atoms with van der Waals surface area (Å²) in [7, 11) is 0. The molecule has 1 saturated carbocycles. The van der Waals surface area contributed by atoms with Crippen LogP contribution in [0.4, 0.5) is 4.39 Å². The van der Waals surface area contributed by atoms with Gasteiger partial charge in [-0.25, -0.2) is 4.39 Å². The van der Waals surface area contributed by atoms with E-state index in [2.05, 4.69) is 11.0 Å². The van der Waals surface area contributed by atoms with Crippen molar-refractivity contribution >= 4 is 0 Å². The number of hydrogen-bond donors (Lipinski definition) is 0. The van der Waals surface area contributed by atoms with Crippen LogP contribution in [0.3, 0.4) is 0 Å². The Hall–Kier alpha value is -1.40. The van der Waals surface area contributed by atoms with Gasteiger partial charge in [-0.2, -0.15) is 5.26 Å². The quantitative estimate of drug-likeness (QED) is 0.840. The molecule has 2 aliphatic rings. The molecule has 1 aliphatic heterocycles. The largest absolute Gasteiger partial charge is 0.293 e. The summed E-state index contributed by atoms with van der Waals surface area (Å²) in [5.74, 6) is 0.571. The maximum Gasteiger partial charge on any atom is 0.161 e. The third kappa shape index (κ3) is 2.58. The van der Waals surface area contributed by atoms with Gasteiger partial charge in [0.05, 0.1) is 6.07 Å². The van der Waals surface area contributed by atoms with Crippen molar-refractivity contribution in [3.8, 4) is 6.07 Å². The average Bonchev–Trinajstić information content (AvgIpc) is 2.46. The molecule has 0 N–H and O–H groups in total. The minimum absolute atomic E-state index is 0.525. The van der Waals surface area contributed by atoms with E-state index in [1.54, 1.807) is 0 Å². The van der Waals surface area contributed by atoms with Crippen molar-refractivity contribution in [1.29, 1.82) is 5.26 Å². The molecular formula is C17H21FN2. The lowest BCUT2D eigenvalue weighted by molar-refractivity contribution is -0.0717. The zero-order valence-electron chi connectivity index (χ0n) is 11.8. The van der Waals surface area contributed by atoms with E-state index in [0.29, 0.717) is 31.5 Å². The van der Waals surface area contributed by atoms with Crippen LogP contribution in [0.15, 0.2) is 30.3 Å². The first kappa shape index (κ1) is 13.6. The first-order valence-corrected chi connectivity index (χ1v) is 7.57. The molecule has 3 heteroatoms. The third-order valence-electron chi connectivity index (χ3n) is 4.91. The first-order chi connectivity index (χ1) is 9.71. The highest BCUT2D eigenvalue weighted by atomic mass is 19.1. The number of halogens is 1. The fourth-order valence-corrected chi connectivity index (χ4v) is 3.62. The Morgan fingerprint density at radius 1 is 1.15 bits per heavy atom. The summed E-state index contributed by atoms with van der Waals surface area (Å²) in [6, 6.07) is 12.3. The van der Waals surface area contributed by atoms with Crippen LogP contribution in [-0.2, 0) is 5.67 Å². The van der Waals surface area contributed by atoms with E-state index >= 15 is 0 Å². The van der Waals surface area contributed by atoms with Crippen molar-refractivity contribution < 1.29 is 4.39 Å². The molecule has 1 aliphatic carbocycles. The van der Waals surface area contributed by atoms with Gasteiger partial charge in [-0.1, -0.05) is 30.3 Å². The van der Waals surface area contributed by atoms with E-state index in [1.165, 1.54) is 0 Å². The lowest BCUT2D eigenvalue weighted by atomic mass is 9.80. The van der Waals surface area contributed by atoms with Crippen LogP contribution in [0, 0.1) is 17.2 Å². The smallest absolute Gasteiger partial charge is 0.161 e. The maximum atomic E-state index is 14.8. The Balaban J connectivity index is 1.53. The molecule has 0 radical (unpaired) electrons. The number of likely N-dealkylation sites (tertiary alicyclic amines) is 1. The van der Waals surface area contributed by atoms with E-state index < -0.39 is 5.67 Å². The second-order valence-electron chi connectivity index (χ2n) is 6.27. The molecule has 3 rings (SSSR count). The van der Waals surface area contributed by atoms with Crippen LogP contribution in [0.25, 0.3) is 0 Å². The minimum atomic E-state index is -1.15. The molecular weight excluding hydrogens is 251 g/mol. The normalized spacial score (nSPS) is 29.4. The molecule has 0 atom stereocenters. The van der Waals surface area contributed by atoms with E-state index in [0.717, 1.165) is 31.2 Å². The Morgan fingerprint density at radius 2 is 1.80 bits per heavy atom. The summed E-state index contributed by atoms with van der Waals surface area (Å²) < 4.78 is 14.8. The summed E-state index contributed by atoms with van der Waals surface area (Å²) in [6.45, 7) is 1.06. The van der Waals surface area contributed by atoms with Crippen molar-refractivity contribution in [2.24, 2.45) is 5.92 Å². The Morgan fingerprint density at radius 3 is 2.40 bits per heavy atom. The topological polar surface area (TPSA) is 27.0 Å². The molecule has 0 spiro atoms. The number of hydrogen-bond acceptors (Lipinski definition) is 2. The zero-order chi connectivity index (χ0) is 14.0. The average molecular weight is 272 g/mol. The maximum absolute atomic E-state index is 14.8. The Bertz CT molecular complexity index is 479. The molecule has 106 valence electrons. The number of alkyl halides is 1. The van der Waals surface area contributed by atoms with Gasteiger partial charge in [0.25, 0.3) is 0 Å². The van der Waals surface area contributed by atoms with Gasteiger partial charge >= 0.3 is 0 Å². The van der Waals surface area contributed by atoms with Crippen LogP contribution in [0.1, 0.15) is 37.7 Å². The number of benzene rings is 1. The standard InChI is InChI=1S/C17H21FN2/c18-17(15-4-2-1-3-5-15)12-20(13-17)16-8-6-14(7-9-16)10-11-19/h1-5,14,16H,6-10,12-13H2. The van der Waals surface area contributed by atoms with Crippen molar-refractivity contribution in [1.82, 2.24) is 4.90 Å². The summed E-state index contributed by atoms with van der Waals surface area (Å²) >= 11 is 0. The van der Waals surface area contributed by atoms with Crippen molar-refractivity contribution in [3.05, 3.63) is 35.9 Å². The minimum Gasteiger partial charge on any atom is -0.293 e. The molecule has 2 fully saturated rings. The molecule has 1 aromatic rings. The van der Waals surface area contributed by atoms with Gasteiger partial charge in [-0.15, -0.1) is 0 Å². The fraction of sp³-hybridized carbons (Fsp3) is 0.588. The summed E-state index contributed by atoms with van der Waals surface area (Å²) in [6.07, 6.45) is 5.18. The fourth-order valence-electron chi connectivity index (χ4n) is 3.62. The van der Waals surface area contributed by atoms with E-state index in [4.69, 9.17) is 5.26 Å². The molecule has 20 heavy (non-hydrogen) atoms. The number of nitrogens with zero attached hydrogens (tertiary/aromatic N) is 2. The second-order valence-corrected chi connectivity index (χ2v) is 6.27. The van der Waals surface area contributed by atoms with Crippen LogP contribution < -0.4 is 0 Å². The molecule has 0 unspecified atom stereocenters. The molecule has 0 bridgehead atoms. The Kier molecular flexibility index (Phi) is 3.76. The van der Waals surface area contributed by atoms with Gasteiger partial charge in [0, 0.05) is 25.6 Å². The molecule has 1 aromatic carbocycles. The molecule has 1 saturated heterocycles. The monoisotopic (exact) mass is 272 g/mol. The second kappa shape index (κ2) is 5.54. The first-order valence-electron chi connectivity index (χ1n) is 7.57. The molecule has 0 aromatic heterocycles. The van der Waals surface area contributed by atoms with Crippen LogP contribution in [-0.4, -0.2) is 24.0 Å². The summed E-state index contributed by atoms with van der Waals surface area (Å²) in [4.78, 5) is 2.29. The zero-order valence-corrected chi connectivity index (χ0v) is 11.8. The van der Waals surface area contributed by atoms with Gasteiger partial charge < -0.3 is 0 Å². The lowest BCUT2D eigenvalue weighted by Gasteiger charge is -2.50. The predicted octanol–water partition coefficient (Wildman–Crippen LogP) is 3.64. The van der Waals surface area contributed by atoms with E-state index in [-0.39, 0.29) is 0 Å². The molecule has 2 nitrogen and oxygen atoms in total. The highest BCUT2D eigenvalue weighted by molar-refractivity contribution is 5.26. The predicted molar refractivity (Wildman–Crippen MR) is 76.8 cm³/mol. The highest BCUT2D eigenvalue weighted by Gasteiger charge is 2.47. The SMILES string of the molecule is N#CCC1CCC(N2CC(F)(c3ccccc3)C2)CC1. The van der Waals surface area contributed by atoms with Crippen molar-refractivity contribution in [2.75, 3.05) is 13.1 Å². The van der Waals surface area contributed by atoms with Gasteiger partial charge in [0.2, 0.25) is 0 Å². The summed E-state index contributed by atoms with van der Waals surface area (Å²) in [5, 5.41) is 8.74. The van der Waals surface area contributed by atoms with Gasteiger partial charge in [-0.3, -0.25) is 4.90 Å². The van der Waals surface area contributed by atoms with Crippen LogP contribution >= 0.6 is 0 Å². The number of rotatable bonds is 3. The Labute approximate surface area is 120 Å². The third-order valence-corrected chi connectivity index (χ3v) is 4.91. The number of nitriles is 1. The van der Waals surface area contributed by atoms with Gasteiger partial charge in [0.1, 0.15) is 0 Å². The van der Waals surface area contributed by atoms with Gasteiger partial charge in [-0.05, 0) is 37.2 Å². The molecule has 1 heterocycles. The van der Waals surface area contributed by atoms with E-state index in [1.807, 2.05) is 30.3 Å². The van der Waals surface area contributed by atoms with Crippen LogP contribution in [0.2, 0.25) is 0 Å². The van der Waals surface area contributed by atoms with Crippen LogP contribution in [0.5, 0.6) is 0 Å².